The first-order valence-corrected chi connectivity index (χ1v) is 6.65. The number of anilines is 2. The summed E-state index contributed by atoms with van der Waals surface area (Å²) in [5.41, 5.74) is 1.59. The van der Waals surface area contributed by atoms with E-state index in [2.05, 4.69) is 15.4 Å². The highest BCUT2D eigenvalue weighted by atomic mass is 16.5. The van der Waals surface area contributed by atoms with Gasteiger partial charge in [0.25, 0.3) is 0 Å². The quantitative estimate of drug-likeness (QED) is 0.862. The van der Waals surface area contributed by atoms with E-state index in [1.807, 2.05) is 19.9 Å². The second-order valence-electron chi connectivity index (χ2n) is 5.14. The average Bonchev–Trinajstić information content (AvgIpc) is 2.37. The van der Waals surface area contributed by atoms with Crippen LogP contribution in [-0.4, -0.2) is 31.2 Å². The Bertz CT molecular complexity index is 508. The number of rotatable bonds is 3. The number of benzene rings is 1. The van der Waals surface area contributed by atoms with Gasteiger partial charge >= 0.3 is 0 Å². The fourth-order valence-corrected chi connectivity index (χ4v) is 2.48. The van der Waals surface area contributed by atoms with Gasteiger partial charge in [-0.25, -0.2) is 0 Å². The van der Waals surface area contributed by atoms with Crippen molar-refractivity contribution in [1.29, 1.82) is 0 Å². The molecule has 1 fully saturated rings. The van der Waals surface area contributed by atoms with Crippen molar-refractivity contribution < 1.29 is 9.53 Å². The van der Waals surface area contributed by atoms with Crippen LogP contribution in [0.4, 0.5) is 17.1 Å². The van der Waals surface area contributed by atoms with Gasteiger partial charge in [0.15, 0.2) is 0 Å². The lowest BCUT2D eigenvalue weighted by molar-refractivity contribution is -0.114. The lowest BCUT2D eigenvalue weighted by Crippen LogP contribution is -2.45. The molecule has 0 aromatic heterocycles. The predicted molar refractivity (Wildman–Crippen MR) is 78.4 cm³/mol. The van der Waals surface area contributed by atoms with Crippen molar-refractivity contribution in [3.05, 3.63) is 23.1 Å². The third-order valence-electron chi connectivity index (χ3n) is 3.18. The molecule has 2 unspecified atom stereocenters. The van der Waals surface area contributed by atoms with Gasteiger partial charge in [-0.1, -0.05) is 0 Å². The smallest absolute Gasteiger partial charge is 0.221 e. The molecule has 20 heavy (non-hydrogen) atoms. The Hall–Kier alpha value is -1.95. The minimum atomic E-state index is -0.226. The molecule has 0 spiro atoms. The number of amides is 1. The van der Waals surface area contributed by atoms with Crippen molar-refractivity contribution >= 4 is 23.0 Å². The molecule has 6 nitrogen and oxygen atoms in total. The highest BCUT2D eigenvalue weighted by Crippen LogP contribution is 2.31. The number of hydrogen-bond donors (Lipinski definition) is 1. The molecule has 1 amide bonds. The molecule has 0 saturated carbocycles. The van der Waals surface area contributed by atoms with Gasteiger partial charge in [-0.3, -0.25) is 4.79 Å². The normalized spacial score (nSPS) is 22.4. The van der Waals surface area contributed by atoms with Gasteiger partial charge in [0.05, 0.1) is 17.9 Å². The largest absolute Gasteiger partial charge is 0.372 e. The fourth-order valence-electron chi connectivity index (χ4n) is 2.48. The van der Waals surface area contributed by atoms with Crippen LogP contribution in [0.25, 0.3) is 0 Å². The second kappa shape index (κ2) is 6.00. The molecule has 1 N–H and O–H groups in total. The van der Waals surface area contributed by atoms with E-state index >= 15 is 0 Å². The summed E-state index contributed by atoms with van der Waals surface area (Å²) < 4.78 is 5.69. The summed E-state index contributed by atoms with van der Waals surface area (Å²) in [6, 6.07) is 5.28. The molecular formula is C14H19N3O3. The Morgan fingerprint density at radius 1 is 1.35 bits per heavy atom. The molecule has 1 aliphatic rings. The van der Waals surface area contributed by atoms with E-state index in [0.29, 0.717) is 5.69 Å². The number of ether oxygens (including phenoxy) is 1. The molecule has 0 aliphatic carbocycles. The standard InChI is InChI=1S/C14H19N3O3/c1-9-7-17(8-10(2)20-9)12-4-5-13(15-11(3)18)14(6-12)16-19/h4-6,9-10H,7-8H2,1-3H3,(H,15,18). The first kappa shape index (κ1) is 14.5. The van der Waals surface area contributed by atoms with Gasteiger partial charge in [-0.05, 0) is 37.2 Å². The van der Waals surface area contributed by atoms with Gasteiger partial charge in [0.1, 0.15) is 5.69 Å². The molecule has 0 radical (unpaired) electrons. The van der Waals surface area contributed by atoms with E-state index in [-0.39, 0.29) is 23.8 Å². The number of nitrogens with one attached hydrogen (secondary N) is 1. The van der Waals surface area contributed by atoms with Gasteiger partial charge in [-0.2, -0.15) is 0 Å². The highest BCUT2D eigenvalue weighted by Gasteiger charge is 2.23. The van der Waals surface area contributed by atoms with Gasteiger partial charge in [-0.15, -0.1) is 4.91 Å². The van der Waals surface area contributed by atoms with Crippen molar-refractivity contribution in [2.75, 3.05) is 23.3 Å². The van der Waals surface area contributed by atoms with Crippen LogP contribution >= 0.6 is 0 Å². The maximum absolute atomic E-state index is 11.1. The number of nitrogens with zero attached hydrogens (tertiary/aromatic N) is 2. The number of morpholine rings is 1. The van der Waals surface area contributed by atoms with E-state index in [9.17, 15) is 9.70 Å². The summed E-state index contributed by atoms with van der Waals surface area (Å²) in [6.07, 6.45) is 0.280. The average molecular weight is 277 g/mol. The summed E-state index contributed by atoms with van der Waals surface area (Å²) in [6.45, 7) is 6.97. The maximum atomic E-state index is 11.1. The van der Waals surface area contributed by atoms with Crippen LogP contribution in [0.15, 0.2) is 23.4 Å². The lowest BCUT2D eigenvalue weighted by atomic mass is 10.1. The molecule has 1 aliphatic heterocycles. The number of nitroso groups, excluding NO2 is 1. The summed E-state index contributed by atoms with van der Waals surface area (Å²) in [4.78, 5) is 24.2. The van der Waals surface area contributed by atoms with Gasteiger partial charge < -0.3 is 15.0 Å². The van der Waals surface area contributed by atoms with Gasteiger partial charge in [0.2, 0.25) is 5.91 Å². The maximum Gasteiger partial charge on any atom is 0.221 e. The molecule has 2 atom stereocenters. The van der Waals surface area contributed by atoms with Crippen LogP contribution in [0.2, 0.25) is 0 Å². The van der Waals surface area contributed by atoms with E-state index < -0.39 is 0 Å². The second-order valence-corrected chi connectivity index (χ2v) is 5.14. The minimum absolute atomic E-state index is 0.140. The van der Waals surface area contributed by atoms with Crippen LogP contribution in [-0.2, 0) is 9.53 Å². The first-order chi connectivity index (χ1) is 9.49. The highest BCUT2D eigenvalue weighted by molar-refractivity contribution is 5.92. The van der Waals surface area contributed by atoms with Crippen LogP contribution in [0, 0.1) is 4.91 Å². The zero-order valence-electron chi connectivity index (χ0n) is 11.9. The van der Waals surface area contributed by atoms with Gasteiger partial charge in [0, 0.05) is 25.7 Å². The Kier molecular flexibility index (Phi) is 4.34. The summed E-state index contributed by atoms with van der Waals surface area (Å²) in [7, 11) is 0. The molecule has 1 aromatic rings. The van der Waals surface area contributed by atoms with Crippen LogP contribution in [0.1, 0.15) is 20.8 Å². The summed E-state index contributed by atoms with van der Waals surface area (Å²) >= 11 is 0. The fraction of sp³-hybridized carbons (Fsp3) is 0.500. The van der Waals surface area contributed by atoms with Crippen molar-refractivity contribution in [1.82, 2.24) is 0 Å². The summed E-state index contributed by atoms with van der Waals surface area (Å²) in [5, 5.41) is 5.59. The zero-order valence-corrected chi connectivity index (χ0v) is 11.9. The predicted octanol–water partition coefficient (Wildman–Crippen LogP) is 2.66. The van der Waals surface area contributed by atoms with Crippen molar-refractivity contribution in [3.8, 4) is 0 Å². The minimum Gasteiger partial charge on any atom is -0.372 e. The van der Waals surface area contributed by atoms with Crippen molar-refractivity contribution in [2.24, 2.45) is 5.18 Å². The zero-order chi connectivity index (χ0) is 14.7. The Balaban J connectivity index is 2.24. The Labute approximate surface area is 118 Å². The molecular weight excluding hydrogens is 258 g/mol. The number of carbonyl (C=O) groups excluding carboxylic acids is 1. The monoisotopic (exact) mass is 277 g/mol. The lowest BCUT2D eigenvalue weighted by Gasteiger charge is -2.37. The van der Waals surface area contributed by atoms with Crippen LogP contribution in [0.5, 0.6) is 0 Å². The van der Waals surface area contributed by atoms with Crippen LogP contribution < -0.4 is 10.2 Å². The van der Waals surface area contributed by atoms with E-state index in [1.165, 1.54) is 6.92 Å². The van der Waals surface area contributed by atoms with E-state index in [0.717, 1.165) is 18.8 Å². The molecule has 1 heterocycles. The van der Waals surface area contributed by atoms with Crippen molar-refractivity contribution in [3.63, 3.8) is 0 Å². The topological polar surface area (TPSA) is 71.0 Å². The molecule has 1 saturated heterocycles. The third kappa shape index (κ3) is 3.33. The number of carbonyl (C=O) groups is 1. The first-order valence-electron chi connectivity index (χ1n) is 6.65. The Morgan fingerprint density at radius 3 is 2.55 bits per heavy atom. The van der Waals surface area contributed by atoms with Crippen molar-refractivity contribution in [2.45, 2.75) is 33.0 Å². The molecule has 108 valence electrons. The molecule has 2 rings (SSSR count). The molecule has 1 aromatic carbocycles. The number of hydrogen-bond acceptors (Lipinski definition) is 5. The molecule has 6 heteroatoms. The SMILES string of the molecule is CC(=O)Nc1ccc(N2CC(C)OC(C)C2)cc1N=O. The van der Waals surface area contributed by atoms with Crippen LogP contribution in [0.3, 0.4) is 0 Å². The summed E-state index contributed by atoms with van der Waals surface area (Å²) in [5.74, 6) is -0.226. The third-order valence-corrected chi connectivity index (χ3v) is 3.18. The molecule has 0 bridgehead atoms. The van der Waals surface area contributed by atoms with E-state index in [4.69, 9.17) is 4.74 Å². The van der Waals surface area contributed by atoms with E-state index in [1.54, 1.807) is 12.1 Å². The Morgan fingerprint density at radius 2 is 2.00 bits per heavy atom.